The van der Waals surface area contributed by atoms with Gasteiger partial charge in [-0.3, -0.25) is 4.79 Å². The molecule has 0 aromatic heterocycles. The summed E-state index contributed by atoms with van der Waals surface area (Å²) in [7, 11) is 0. The molecule has 2 atom stereocenters. The summed E-state index contributed by atoms with van der Waals surface area (Å²) in [5, 5.41) is 14.4. The van der Waals surface area contributed by atoms with Crippen LogP contribution in [0.4, 0.5) is 4.79 Å². The monoisotopic (exact) mass is 436 g/mol. The van der Waals surface area contributed by atoms with Gasteiger partial charge in [0, 0.05) is 5.92 Å². The van der Waals surface area contributed by atoms with Crippen molar-refractivity contribution in [3.8, 4) is 11.1 Å². The van der Waals surface area contributed by atoms with Crippen molar-refractivity contribution in [3.05, 3.63) is 59.7 Å². The van der Waals surface area contributed by atoms with Crippen molar-refractivity contribution in [2.24, 2.45) is 5.92 Å². The standard InChI is InChI=1S/C25H28N2O5/c1-2-21(24(29)30)26-23(28)22(13-15-11-12-15)27-25(31)32-14-20-18-9-5-3-7-16(18)17-8-4-6-10-19(17)20/h3-10,15,20-22H,2,11-14H2,1H3,(H,26,28)(H,27,31)(H,29,30)/t21?,22-/m0/s1. The molecule has 2 aromatic carbocycles. The zero-order valence-corrected chi connectivity index (χ0v) is 18.0. The number of alkyl carbamates (subject to hydrolysis) is 1. The van der Waals surface area contributed by atoms with Crippen LogP contribution in [0.5, 0.6) is 0 Å². The fourth-order valence-electron chi connectivity index (χ4n) is 4.31. The first kappa shape index (κ1) is 21.9. The van der Waals surface area contributed by atoms with Crippen LogP contribution in [0.2, 0.25) is 0 Å². The van der Waals surface area contributed by atoms with Crippen LogP contribution in [0.25, 0.3) is 11.1 Å². The van der Waals surface area contributed by atoms with Crippen LogP contribution in [0, 0.1) is 5.92 Å². The third-order valence-corrected chi connectivity index (χ3v) is 6.24. The molecule has 2 amide bonds. The van der Waals surface area contributed by atoms with Gasteiger partial charge < -0.3 is 20.5 Å². The molecule has 1 unspecified atom stereocenters. The highest BCUT2D eigenvalue weighted by Crippen LogP contribution is 2.44. The predicted octanol–water partition coefficient (Wildman–Crippen LogP) is 3.67. The number of carboxylic acid groups (broad SMARTS) is 1. The molecule has 0 heterocycles. The molecule has 2 aliphatic carbocycles. The van der Waals surface area contributed by atoms with E-state index in [0.717, 1.165) is 35.1 Å². The maximum absolute atomic E-state index is 12.7. The Bertz CT molecular complexity index is 971. The Balaban J connectivity index is 1.40. The normalized spacial score (nSPS) is 16.4. The number of amides is 2. The van der Waals surface area contributed by atoms with Gasteiger partial charge in [0.05, 0.1) is 0 Å². The van der Waals surface area contributed by atoms with E-state index in [4.69, 9.17) is 4.74 Å². The van der Waals surface area contributed by atoms with Crippen molar-refractivity contribution < 1.29 is 24.2 Å². The van der Waals surface area contributed by atoms with E-state index in [1.54, 1.807) is 6.92 Å². The summed E-state index contributed by atoms with van der Waals surface area (Å²) in [4.78, 5) is 36.5. The minimum Gasteiger partial charge on any atom is -0.480 e. The van der Waals surface area contributed by atoms with Gasteiger partial charge in [0.15, 0.2) is 0 Å². The van der Waals surface area contributed by atoms with Gasteiger partial charge >= 0.3 is 12.1 Å². The van der Waals surface area contributed by atoms with Crippen LogP contribution in [0.3, 0.4) is 0 Å². The predicted molar refractivity (Wildman–Crippen MR) is 119 cm³/mol. The highest BCUT2D eigenvalue weighted by molar-refractivity contribution is 5.89. The molecular formula is C25H28N2O5. The molecule has 7 nitrogen and oxygen atoms in total. The van der Waals surface area contributed by atoms with Gasteiger partial charge in [0.1, 0.15) is 18.7 Å². The maximum Gasteiger partial charge on any atom is 0.407 e. The van der Waals surface area contributed by atoms with Gasteiger partial charge in [-0.25, -0.2) is 9.59 Å². The zero-order chi connectivity index (χ0) is 22.7. The number of ether oxygens (including phenoxy) is 1. The first-order valence-electron chi connectivity index (χ1n) is 11.1. The number of carboxylic acids is 1. The minimum atomic E-state index is -1.09. The summed E-state index contributed by atoms with van der Waals surface area (Å²) >= 11 is 0. The van der Waals surface area contributed by atoms with E-state index in [2.05, 4.69) is 22.8 Å². The number of carbonyl (C=O) groups is 3. The summed E-state index contributed by atoms with van der Waals surface area (Å²) in [6, 6.07) is 14.4. The van der Waals surface area contributed by atoms with E-state index in [0.29, 0.717) is 12.3 Å². The number of rotatable bonds is 9. The second-order valence-electron chi connectivity index (χ2n) is 8.51. The third-order valence-electron chi connectivity index (χ3n) is 6.24. The SMILES string of the molecule is CCC(NC(=O)[C@H](CC1CC1)NC(=O)OCC1c2ccccc2-c2ccccc21)C(=O)O. The van der Waals surface area contributed by atoms with E-state index in [-0.39, 0.29) is 18.9 Å². The smallest absolute Gasteiger partial charge is 0.407 e. The number of hydrogen-bond donors (Lipinski definition) is 3. The Kier molecular flexibility index (Phi) is 6.44. The number of aliphatic carboxylic acids is 1. The maximum atomic E-state index is 12.7. The Morgan fingerprint density at radius 1 is 0.969 bits per heavy atom. The topological polar surface area (TPSA) is 105 Å². The lowest BCUT2D eigenvalue weighted by Crippen LogP contribution is -2.51. The lowest BCUT2D eigenvalue weighted by Gasteiger charge is -2.21. The van der Waals surface area contributed by atoms with Crippen molar-refractivity contribution in [2.45, 2.75) is 50.6 Å². The molecular weight excluding hydrogens is 408 g/mol. The van der Waals surface area contributed by atoms with Crippen LogP contribution < -0.4 is 10.6 Å². The third kappa shape index (κ3) is 4.77. The summed E-state index contributed by atoms with van der Waals surface area (Å²) in [5.41, 5.74) is 4.51. The van der Waals surface area contributed by atoms with Crippen molar-refractivity contribution >= 4 is 18.0 Å². The average molecular weight is 437 g/mol. The van der Waals surface area contributed by atoms with Gasteiger partial charge in [-0.05, 0) is 41.0 Å². The molecule has 0 aliphatic heterocycles. The van der Waals surface area contributed by atoms with Crippen LogP contribution in [0.1, 0.15) is 49.7 Å². The molecule has 1 fully saturated rings. The quantitative estimate of drug-likeness (QED) is 0.556. The van der Waals surface area contributed by atoms with E-state index in [9.17, 15) is 19.5 Å². The molecule has 168 valence electrons. The first-order chi connectivity index (χ1) is 15.5. The van der Waals surface area contributed by atoms with Crippen LogP contribution >= 0.6 is 0 Å². The molecule has 0 bridgehead atoms. The van der Waals surface area contributed by atoms with Crippen molar-refractivity contribution in [1.29, 1.82) is 0 Å². The lowest BCUT2D eigenvalue weighted by molar-refractivity contribution is -0.142. The van der Waals surface area contributed by atoms with E-state index in [1.807, 2.05) is 36.4 Å². The van der Waals surface area contributed by atoms with Crippen molar-refractivity contribution in [2.75, 3.05) is 6.61 Å². The molecule has 7 heteroatoms. The summed E-state index contributed by atoms with van der Waals surface area (Å²) in [6.45, 7) is 1.85. The summed E-state index contributed by atoms with van der Waals surface area (Å²) in [6.07, 6.45) is 2.09. The highest BCUT2D eigenvalue weighted by atomic mass is 16.5. The minimum absolute atomic E-state index is 0.0691. The Morgan fingerprint density at radius 3 is 2.09 bits per heavy atom. The van der Waals surface area contributed by atoms with Gasteiger partial charge in [0.25, 0.3) is 0 Å². The average Bonchev–Trinajstić information content (AvgIpc) is 3.55. The summed E-state index contributed by atoms with van der Waals surface area (Å²) in [5.74, 6) is -1.28. The zero-order valence-electron chi connectivity index (χ0n) is 18.0. The van der Waals surface area contributed by atoms with Crippen LogP contribution in [-0.4, -0.2) is 41.8 Å². The molecule has 2 aromatic rings. The van der Waals surface area contributed by atoms with E-state index < -0.39 is 30.1 Å². The van der Waals surface area contributed by atoms with E-state index >= 15 is 0 Å². The van der Waals surface area contributed by atoms with E-state index in [1.165, 1.54) is 0 Å². The summed E-state index contributed by atoms with van der Waals surface area (Å²) < 4.78 is 5.55. The molecule has 1 saturated carbocycles. The fourth-order valence-corrected chi connectivity index (χ4v) is 4.31. The van der Waals surface area contributed by atoms with Gasteiger partial charge in [-0.15, -0.1) is 0 Å². The molecule has 0 spiro atoms. The molecule has 32 heavy (non-hydrogen) atoms. The van der Waals surface area contributed by atoms with Crippen LogP contribution in [-0.2, 0) is 14.3 Å². The molecule has 3 N–H and O–H groups in total. The first-order valence-corrected chi connectivity index (χ1v) is 11.1. The fraction of sp³-hybridized carbons (Fsp3) is 0.400. The van der Waals surface area contributed by atoms with Crippen LogP contribution in [0.15, 0.2) is 48.5 Å². The Morgan fingerprint density at radius 2 is 1.56 bits per heavy atom. The van der Waals surface area contributed by atoms with Crippen molar-refractivity contribution in [1.82, 2.24) is 10.6 Å². The number of nitrogens with one attached hydrogen (secondary N) is 2. The Labute approximate surface area is 187 Å². The number of hydrogen-bond acceptors (Lipinski definition) is 4. The highest BCUT2D eigenvalue weighted by Gasteiger charge is 2.33. The second kappa shape index (κ2) is 9.42. The Hall–Kier alpha value is -3.35. The number of benzene rings is 2. The number of carbonyl (C=O) groups excluding carboxylic acids is 2. The van der Waals surface area contributed by atoms with Gasteiger partial charge in [-0.2, -0.15) is 0 Å². The number of fused-ring (bicyclic) bond motifs is 3. The van der Waals surface area contributed by atoms with Crippen molar-refractivity contribution in [3.63, 3.8) is 0 Å². The molecule has 0 radical (unpaired) electrons. The molecule has 0 saturated heterocycles. The largest absolute Gasteiger partial charge is 0.480 e. The molecule has 4 rings (SSSR count). The lowest BCUT2D eigenvalue weighted by atomic mass is 9.98. The molecule has 2 aliphatic rings. The van der Waals surface area contributed by atoms with Gasteiger partial charge in [-0.1, -0.05) is 68.3 Å². The van der Waals surface area contributed by atoms with Gasteiger partial charge in [0.2, 0.25) is 5.91 Å². The second-order valence-corrected chi connectivity index (χ2v) is 8.51.